The molecule has 1 atom stereocenters. The highest BCUT2D eigenvalue weighted by molar-refractivity contribution is 14.0. The minimum absolute atomic E-state index is 0. The number of thiophene rings is 1. The van der Waals surface area contributed by atoms with Gasteiger partial charge < -0.3 is 20.1 Å². The first-order valence-electron chi connectivity index (χ1n) is 9.09. The van der Waals surface area contributed by atoms with Gasteiger partial charge in [-0.3, -0.25) is 9.89 Å². The van der Waals surface area contributed by atoms with Crippen molar-refractivity contribution in [3.63, 3.8) is 0 Å². The molecule has 28 heavy (non-hydrogen) atoms. The second-order valence-electron chi connectivity index (χ2n) is 6.16. The van der Waals surface area contributed by atoms with Crippen LogP contribution in [0.4, 0.5) is 0 Å². The predicted molar refractivity (Wildman–Crippen MR) is 124 cm³/mol. The molecular weight excluding hydrogens is 489 g/mol. The number of morpholine rings is 1. The molecule has 3 heterocycles. The molecule has 0 radical (unpaired) electrons. The number of aliphatic imine (C=N–C) groups is 1. The fraction of sp³-hybridized carbons (Fsp3) is 0.474. The number of ether oxygens (including phenoxy) is 2. The first-order valence-corrected chi connectivity index (χ1v) is 9.97. The number of methoxy groups -OCH3 is 1. The average molecular weight is 517 g/mol. The van der Waals surface area contributed by atoms with Gasteiger partial charge in [0.25, 0.3) is 0 Å². The van der Waals surface area contributed by atoms with Crippen LogP contribution < -0.4 is 15.4 Å². The van der Waals surface area contributed by atoms with Gasteiger partial charge in [0, 0.05) is 49.9 Å². The van der Waals surface area contributed by atoms with E-state index in [1.807, 2.05) is 12.1 Å². The molecule has 2 N–H and O–H groups in total. The Morgan fingerprint density at radius 2 is 2.14 bits per heavy atom. The Morgan fingerprint density at radius 3 is 2.82 bits per heavy atom. The molecule has 2 aromatic heterocycles. The van der Waals surface area contributed by atoms with E-state index in [4.69, 9.17) is 9.47 Å². The highest BCUT2D eigenvalue weighted by atomic mass is 127. The Bertz CT molecular complexity index is 723. The number of guanidine groups is 1. The van der Waals surface area contributed by atoms with Crippen LogP contribution >= 0.6 is 35.3 Å². The van der Waals surface area contributed by atoms with Crippen molar-refractivity contribution in [2.75, 3.05) is 47.0 Å². The van der Waals surface area contributed by atoms with Gasteiger partial charge in [0.15, 0.2) is 5.96 Å². The smallest absolute Gasteiger partial charge is 0.218 e. The van der Waals surface area contributed by atoms with Gasteiger partial charge in [-0.2, -0.15) is 0 Å². The summed E-state index contributed by atoms with van der Waals surface area (Å²) in [5, 5.41) is 8.94. The van der Waals surface area contributed by atoms with Gasteiger partial charge in [0.05, 0.1) is 26.4 Å². The van der Waals surface area contributed by atoms with E-state index in [9.17, 15) is 0 Å². The fourth-order valence-corrected chi connectivity index (χ4v) is 3.98. The van der Waals surface area contributed by atoms with Crippen LogP contribution in [0, 0.1) is 0 Å². The summed E-state index contributed by atoms with van der Waals surface area (Å²) in [6, 6.07) is 8.51. The predicted octanol–water partition coefficient (Wildman–Crippen LogP) is 2.51. The molecule has 1 unspecified atom stereocenters. The van der Waals surface area contributed by atoms with Crippen molar-refractivity contribution in [1.29, 1.82) is 0 Å². The third-order valence-corrected chi connectivity index (χ3v) is 5.51. The molecular formula is C19H28IN5O2S. The third-order valence-electron chi connectivity index (χ3n) is 4.53. The van der Waals surface area contributed by atoms with Crippen LogP contribution in [-0.2, 0) is 11.3 Å². The molecule has 1 aliphatic rings. The van der Waals surface area contributed by atoms with Crippen LogP contribution in [-0.4, -0.2) is 62.8 Å². The average Bonchev–Trinajstić information content (AvgIpc) is 3.26. The summed E-state index contributed by atoms with van der Waals surface area (Å²) in [6.07, 6.45) is 1.73. The number of aromatic nitrogens is 1. The molecule has 0 amide bonds. The molecule has 1 saturated heterocycles. The minimum Gasteiger partial charge on any atom is -0.481 e. The summed E-state index contributed by atoms with van der Waals surface area (Å²) in [5.41, 5.74) is 0.992. The van der Waals surface area contributed by atoms with Crippen molar-refractivity contribution in [3.05, 3.63) is 46.3 Å². The molecule has 154 valence electrons. The van der Waals surface area contributed by atoms with Crippen LogP contribution in [0.25, 0.3) is 0 Å². The van der Waals surface area contributed by atoms with Gasteiger partial charge in [-0.15, -0.1) is 35.3 Å². The SMILES string of the molecule is CN=C(NCc1cccnc1OC)NCC(c1cccs1)N1CCOCC1.I. The summed E-state index contributed by atoms with van der Waals surface area (Å²) < 4.78 is 10.8. The second-order valence-corrected chi connectivity index (χ2v) is 7.14. The van der Waals surface area contributed by atoms with Gasteiger partial charge in [0.2, 0.25) is 5.88 Å². The van der Waals surface area contributed by atoms with E-state index in [1.54, 1.807) is 31.7 Å². The zero-order chi connectivity index (χ0) is 18.9. The normalized spacial score (nSPS) is 16.1. The lowest BCUT2D eigenvalue weighted by Crippen LogP contribution is -2.46. The molecule has 1 aliphatic heterocycles. The van der Waals surface area contributed by atoms with E-state index in [1.165, 1.54) is 4.88 Å². The molecule has 0 aliphatic carbocycles. The number of hydrogen-bond acceptors (Lipinski definition) is 6. The quantitative estimate of drug-likeness (QED) is 0.334. The molecule has 3 rings (SSSR count). The van der Waals surface area contributed by atoms with Crippen molar-refractivity contribution < 1.29 is 9.47 Å². The standard InChI is InChI=1S/C19H27N5O2S.HI/c1-20-19(22-13-15-5-3-7-21-18(15)25-2)23-14-16(17-6-4-12-27-17)24-8-10-26-11-9-24;/h3-7,12,16H,8-11,13-14H2,1-2H3,(H2,20,22,23);1H. The number of halogens is 1. The maximum absolute atomic E-state index is 5.51. The molecule has 0 saturated carbocycles. The number of nitrogens with zero attached hydrogens (tertiary/aromatic N) is 3. The molecule has 1 fully saturated rings. The Hall–Kier alpha value is -1.43. The van der Waals surface area contributed by atoms with Gasteiger partial charge in [-0.1, -0.05) is 12.1 Å². The highest BCUT2D eigenvalue weighted by Gasteiger charge is 2.23. The van der Waals surface area contributed by atoms with Gasteiger partial charge in [-0.25, -0.2) is 4.98 Å². The van der Waals surface area contributed by atoms with Crippen molar-refractivity contribution in [2.24, 2.45) is 4.99 Å². The van der Waals surface area contributed by atoms with E-state index in [0.717, 1.165) is 44.4 Å². The van der Waals surface area contributed by atoms with Crippen molar-refractivity contribution in [1.82, 2.24) is 20.5 Å². The Balaban J connectivity index is 0.00000280. The molecule has 9 heteroatoms. The first-order chi connectivity index (χ1) is 13.3. The molecule has 0 aromatic carbocycles. The minimum atomic E-state index is 0. The number of hydrogen-bond donors (Lipinski definition) is 2. The zero-order valence-electron chi connectivity index (χ0n) is 16.3. The molecule has 7 nitrogen and oxygen atoms in total. The largest absolute Gasteiger partial charge is 0.481 e. The van der Waals surface area contributed by atoms with Crippen LogP contribution in [0.5, 0.6) is 5.88 Å². The van der Waals surface area contributed by atoms with Crippen LogP contribution in [0.2, 0.25) is 0 Å². The summed E-state index contributed by atoms with van der Waals surface area (Å²) in [7, 11) is 3.41. The van der Waals surface area contributed by atoms with Gasteiger partial charge in [-0.05, 0) is 17.5 Å². The highest BCUT2D eigenvalue weighted by Crippen LogP contribution is 2.25. The Morgan fingerprint density at radius 1 is 1.32 bits per heavy atom. The Labute approximate surface area is 187 Å². The number of pyridine rings is 1. The lowest BCUT2D eigenvalue weighted by atomic mass is 10.2. The monoisotopic (exact) mass is 517 g/mol. The van der Waals surface area contributed by atoms with E-state index in [-0.39, 0.29) is 24.0 Å². The third kappa shape index (κ3) is 6.29. The number of nitrogens with one attached hydrogen (secondary N) is 2. The lowest BCUT2D eigenvalue weighted by molar-refractivity contribution is 0.0177. The zero-order valence-corrected chi connectivity index (χ0v) is 19.4. The van der Waals surface area contributed by atoms with E-state index in [2.05, 4.69) is 43.0 Å². The van der Waals surface area contributed by atoms with Crippen LogP contribution in [0.3, 0.4) is 0 Å². The van der Waals surface area contributed by atoms with Gasteiger partial charge in [0.1, 0.15) is 0 Å². The topological polar surface area (TPSA) is 71.0 Å². The summed E-state index contributed by atoms with van der Waals surface area (Å²) in [4.78, 5) is 12.4. The van der Waals surface area contributed by atoms with Gasteiger partial charge >= 0.3 is 0 Å². The van der Waals surface area contributed by atoms with E-state index in [0.29, 0.717) is 18.5 Å². The summed E-state index contributed by atoms with van der Waals surface area (Å²) in [5.74, 6) is 1.39. The number of rotatable bonds is 7. The van der Waals surface area contributed by atoms with Crippen molar-refractivity contribution >= 4 is 41.3 Å². The molecule has 0 bridgehead atoms. The van der Waals surface area contributed by atoms with Crippen molar-refractivity contribution in [2.45, 2.75) is 12.6 Å². The first kappa shape index (κ1) is 22.9. The summed E-state index contributed by atoms with van der Waals surface area (Å²) >= 11 is 1.79. The molecule has 0 spiro atoms. The van der Waals surface area contributed by atoms with Crippen molar-refractivity contribution in [3.8, 4) is 5.88 Å². The maximum Gasteiger partial charge on any atom is 0.218 e. The molecule has 2 aromatic rings. The second kappa shape index (κ2) is 12.2. The van der Waals surface area contributed by atoms with Crippen LogP contribution in [0.15, 0.2) is 40.8 Å². The fourth-order valence-electron chi connectivity index (χ4n) is 3.12. The Kier molecular flexibility index (Phi) is 9.96. The summed E-state index contributed by atoms with van der Waals surface area (Å²) in [6.45, 7) is 4.85. The van der Waals surface area contributed by atoms with Crippen LogP contribution in [0.1, 0.15) is 16.5 Å². The lowest BCUT2D eigenvalue weighted by Gasteiger charge is -2.34. The van der Waals surface area contributed by atoms with E-state index < -0.39 is 0 Å². The van der Waals surface area contributed by atoms with E-state index >= 15 is 0 Å². The maximum atomic E-state index is 5.51.